The first kappa shape index (κ1) is 16.1. The molecule has 0 unspecified atom stereocenters. The Morgan fingerprint density at radius 3 is 2.38 bits per heavy atom. The van der Waals surface area contributed by atoms with Crippen molar-refractivity contribution >= 4 is 28.5 Å². The Hall–Kier alpha value is -2.73. The van der Waals surface area contributed by atoms with E-state index >= 15 is 0 Å². The Bertz CT molecular complexity index is 1040. The smallest absolute Gasteiger partial charge is 0.341 e. The molecular weight excluding hydrogens is 340 g/mol. The molecule has 122 valence electrons. The molecule has 0 bridgehead atoms. The summed E-state index contributed by atoms with van der Waals surface area (Å²) < 4.78 is 29.7. The van der Waals surface area contributed by atoms with E-state index in [0.29, 0.717) is 5.02 Å². The Kier molecular flexibility index (Phi) is 3.85. The second-order valence-electron chi connectivity index (χ2n) is 5.18. The van der Waals surface area contributed by atoms with Gasteiger partial charge >= 0.3 is 5.97 Å². The van der Waals surface area contributed by atoms with Crippen molar-refractivity contribution < 1.29 is 18.7 Å². The van der Waals surface area contributed by atoms with Crippen LogP contribution in [0.2, 0.25) is 5.02 Å². The van der Waals surface area contributed by atoms with Gasteiger partial charge in [-0.2, -0.15) is 0 Å². The lowest BCUT2D eigenvalue weighted by atomic mass is 10.0. The Balaban J connectivity index is 2.61. The van der Waals surface area contributed by atoms with Gasteiger partial charge in [-0.05, 0) is 30.3 Å². The van der Waals surface area contributed by atoms with E-state index in [0.717, 1.165) is 18.2 Å². The summed E-state index contributed by atoms with van der Waals surface area (Å²) in [5, 5.41) is 9.85. The molecule has 0 amide bonds. The predicted molar refractivity (Wildman–Crippen MR) is 86.5 cm³/mol. The zero-order valence-electron chi connectivity index (χ0n) is 12.3. The van der Waals surface area contributed by atoms with Crippen LogP contribution < -0.4 is 5.43 Å². The highest BCUT2D eigenvalue weighted by Gasteiger charge is 2.26. The van der Waals surface area contributed by atoms with Crippen molar-refractivity contribution in [1.82, 2.24) is 4.57 Å². The Labute approximate surface area is 139 Å². The molecule has 4 nitrogen and oxygen atoms in total. The van der Waals surface area contributed by atoms with E-state index < -0.39 is 34.2 Å². The molecule has 1 N–H and O–H groups in total. The number of aromatic nitrogens is 1. The summed E-state index contributed by atoms with van der Waals surface area (Å²) in [7, 11) is 1.42. The summed E-state index contributed by atoms with van der Waals surface area (Å²) >= 11 is 5.93. The summed E-state index contributed by atoms with van der Waals surface area (Å²) in [4.78, 5) is 24.2. The third-order valence-corrected chi connectivity index (χ3v) is 4.01. The number of benzene rings is 2. The molecule has 0 fully saturated rings. The summed E-state index contributed by atoms with van der Waals surface area (Å²) in [5.74, 6) is -3.49. The molecule has 0 atom stereocenters. The van der Waals surface area contributed by atoms with Gasteiger partial charge in [-0.15, -0.1) is 0 Å². The van der Waals surface area contributed by atoms with Gasteiger partial charge < -0.3 is 9.67 Å². The van der Waals surface area contributed by atoms with E-state index in [2.05, 4.69) is 0 Å². The van der Waals surface area contributed by atoms with E-state index in [1.165, 1.54) is 29.8 Å². The molecule has 0 aliphatic heterocycles. The number of fused-ring (bicyclic) bond motifs is 1. The van der Waals surface area contributed by atoms with Crippen molar-refractivity contribution in [2.75, 3.05) is 0 Å². The average molecular weight is 350 g/mol. The van der Waals surface area contributed by atoms with Crippen LogP contribution in [0.15, 0.2) is 41.2 Å². The van der Waals surface area contributed by atoms with Crippen LogP contribution in [0, 0.1) is 11.6 Å². The van der Waals surface area contributed by atoms with Crippen LogP contribution in [0.1, 0.15) is 10.4 Å². The second-order valence-corrected chi connectivity index (χ2v) is 5.61. The normalized spacial score (nSPS) is 11.0. The molecule has 2 aromatic carbocycles. The van der Waals surface area contributed by atoms with Gasteiger partial charge in [0.15, 0.2) is 0 Å². The minimum Gasteiger partial charge on any atom is -0.477 e. The number of carboxylic acids is 1. The van der Waals surface area contributed by atoms with Crippen LogP contribution >= 0.6 is 11.6 Å². The molecule has 3 aromatic rings. The van der Waals surface area contributed by atoms with E-state index in [4.69, 9.17) is 11.6 Å². The van der Waals surface area contributed by atoms with E-state index in [9.17, 15) is 23.5 Å². The molecule has 1 aromatic heterocycles. The fraction of sp³-hybridized carbons (Fsp3) is 0.0588. The highest BCUT2D eigenvalue weighted by molar-refractivity contribution is 6.31. The predicted octanol–water partition coefficient (Wildman–Crippen LogP) is 3.84. The molecular formula is C17H10ClF2NO3. The highest BCUT2D eigenvalue weighted by Crippen LogP contribution is 2.30. The quantitative estimate of drug-likeness (QED) is 0.764. The molecule has 0 radical (unpaired) electrons. The number of rotatable bonds is 2. The van der Waals surface area contributed by atoms with Gasteiger partial charge in [0, 0.05) is 17.5 Å². The van der Waals surface area contributed by atoms with Crippen LogP contribution in [-0.2, 0) is 7.05 Å². The average Bonchev–Trinajstić information content (AvgIpc) is 2.51. The molecule has 0 aliphatic rings. The molecule has 0 spiro atoms. The third-order valence-electron chi connectivity index (χ3n) is 3.78. The van der Waals surface area contributed by atoms with Crippen molar-refractivity contribution in [1.29, 1.82) is 0 Å². The van der Waals surface area contributed by atoms with Gasteiger partial charge in [-0.1, -0.05) is 17.7 Å². The van der Waals surface area contributed by atoms with Crippen LogP contribution in [0.25, 0.3) is 22.2 Å². The number of hydrogen-bond donors (Lipinski definition) is 1. The number of halogens is 3. The van der Waals surface area contributed by atoms with Crippen molar-refractivity contribution in [2.45, 2.75) is 0 Å². The maximum atomic E-state index is 14.2. The lowest BCUT2D eigenvalue weighted by Crippen LogP contribution is -2.22. The lowest BCUT2D eigenvalue weighted by molar-refractivity contribution is 0.0696. The summed E-state index contributed by atoms with van der Waals surface area (Å²) in [6.07, 6.45) is 0. The van der Waals surface area contributed by atoms with Gasteiger partial charge in [0.1, 0.15) is 17.2 Å². The number of hydrogen-bond acceptors (Lipinski definition) is 2. The van der Waals surface area contributed by atoms with Crippen LogP contribution in [0.3, 0.4) is 0 Å². The highest BCUT2D eigenvalue weighted by atomic mass is 35.5. The maximum absolute atomic E-state index is 14.2. The molecule has 0 aliphatic carbocycles. The van der Waals surface area contributed by atoms with E-state index in [1.54, 1.807) is 0 Å². The maximum Gasteiger partial charge on any atom is 0.341 e. The van der Waals surface area contributed by atoms with Crippen LogP contribution in [0.4, 0.5) is 8.78 Å². The summed E-state index contributed by atoms with van der Waals surface area (Å²) in [6.45, 7) is 0. The Morgan fingerprint density at radius 1 is 1.17 bits per heavy atom. The van der Waals surface area contributed by atoms with Gasteiger partial charge in [0.05, 0.1) is 16.8 Å². The molecule has 3 rings (SSSR count). The van der Waals surface area contributed by atoms with E-state index in [1.807, 2.05) is 0 Å². The first-order valence-electron chi connectivity index (χ1n) is 6.83. The SMILES string of the molecule is Cn1c(-c2c(F)cccc2F)c(C(=O)O)c(=O)c2ccc(Cl)cc21. The zero-order chi connectivity index (χ0) is 17.6. The van der Waals surface area contributed by atoms with Crippen molar-refractivity contribution in [2.24, 2.45) is 7.05 Å². The third kappa shape index (κ3) is 2.35. The minimum atomic E-state index is -1.56. The lowest BCUT2D eigenvalue weighted by Gasteiger charge is -2.16. The van der Waals surface area contributed by atoms with Gasteiger partial charge in [0.25, 0.3) is 0 Å². The van der Waals surface area contributed by atoms with Crippen molar-refractivity contribution in [3.05, 3.63) is 68.8 Å². The molecule has 0 saturated heterocycles. The minimum absolute atomic E-state index is 0.0970. The summed E-state index contributed by atoms with van der Waals surface area (Å²) in [5.41, 5.74) is -2.18. The number of aromatic carboxylic acids is 1. The number of pyridine rings is 1. The fourth-order valence-corrected chi connectivity index (χ4v) is 2.89. The standard InChI is InChI=1S/C17H10ClF2NO3/c1-21-12-7-8(18)5-6-9(12)16(22)14(17(23)24)15(21)13-10(19)3-2-4-11(13)20/h2-7H,1H3,(H,23,24). The first-order valence-corrected chi connectivity index (χ1v) is 7.20. The number of nitrogens with zero attached hydrogens (tertiary/aromatic N) is 1. The number of carboxylic acid groups (broad SMARTS) is 1. The van der Waals surface area contributed by atoms with Gasteiger partial charge in [-0.25, -0.2) is 13.6 Å². The summed E-state index contributed by atoms with van der Waals surface area (Å²) in [6, 6.07) is 7.42. The molecule has 1 heterocycles. The molecule has 7 heteroatoms. The van der Waals surface area contributed by atoms with Crippen molar-refractivity contribution in [3.8, 4) is 11.3 Å². The fourth-order valence-electron chi connectivity index (χ4n) is 2.72. The molecule has 0 saturated carbocycles. The van der Waals surface area contributed by atoms with Crippen LogP contribution in [-0.4, -0.2) is 15.6 Å². The Morgan fingerprint density at radius 2 is 1.79 bits per heavy atom. The zero-order valence-corrected chi connectivity index (χ0v) is 13.1. The number of carbonyl (C=O) groups is 1. The second kappa shape index (κ2) is 5.72. The molecule has 24 heavy (non-hydrogen) atoms. The number of aryl methyl sites for hydroxylation is 1. The topological polar surface area (TPSA) is 59.3 Å². The van der Waals surface area contributed by atoms with E-state index in [-0.39, 0.29) is 16.6 Å². The van der Waals surface area contributed by atoms with Crippen molar-refractivity contribution in [3.63, 3.8) is 0 Å². The van der Waals surface area contributed by atoms with Gasteiger partial charge in [0.2, 0.25) is 5.43 Å². The van der Waals surface area contributed by atoms with Gasteiger partial charge in [-0.3, -0.25) is 4.79 Å². The monoisotopic (exact) mass is 349 g/mol. The van der Waals surface area contributed by atoms with Crippen LogP contribution in [0.5, 0.6) is 0 Å². The largest absolute Gasteiger partial charge is 0.477 e. The first-order chi connectivity index (χ1) is 11.3.